The third-order valence-corrected chi connectivity index (χ3v) is 3.34. The first-order valence-electron chi connectivity index (χ1n) is 5.28. The molecule has 0 saturated heterocycles. The van der Waals surface area contributed by atoms with E-state index in [2.05, 4.69) is 38.0 Å². The standard InChI is InChI=1S/C11H20N2S/c1-5-10(8(2)3)12-7-11-13-6-9(4)14-11/h6,8,10,12H,5,7H2,1-4H3. The maximum atomic E-state index is 4.34. The van der Waals surface area contributed by atoms with Gasteiger partial charge < -0.3 is 5.32 Å². The monoisotopic (exact) mass is 212 g/mol. The summed E-state index contributed by atoms with van der Waals surface area (Å²) in [5.74, 6) is 0.695. The number of rotatable bonds is 5. The molecule has 80 valence electrons. The molecule has 0 radical (unpaired) electrons. The highest BCUT2D eigenvalue weighted by atomic mass is 32.1. The Morgan fingerprint density at radius 1 is 1.50 bits per heavy atom. The Morgan fingerprint density at radius 2 is 2.21 bits per heavy atom. The smallest absolute Gasteiger partial charge is 0.107 e. The van der Waals surface area contributed by atoms with Crippen LogP contribution in [0.4, 0.5) is 0 Å². The summed E-state index contributed by atoms with van der Waals surface area (Å²) in [5.41, 5.74) is 0. The van der Waals surface area contributed by atoms with Crippen molar-refractivity contribution < 1.29 is 0 Å². The second-order valence-electron chi connectivity index (χ2n) is 4.00. The molecule has 0 fully saturated rings. The molecular weight excluding hydrogens is 192 g/mol. The van der Waals surface area contributed by atoms with Gasteiger partial charge in [0.2, 0.25) is 0 Å². The largest absolute Gasteiger partial charge is 0.307 e. The van der Waals surface area contributed by atoms with Gasteiger partial charge in [0, 0.05) is 23.7 Å². The number of aromatic nitrogens is 1. The lowest BCUT2D eigenvalue weighted by molar-refractivity contribution is 0.387. The van der Waals surface area contributed by atoms with Crippen LogP contribution in [-0.4, -0.2) is 11.0 Å². The minimum absolute atomic E-state index is 0.610. The van der Waals surface area contributed by atoms with E-state index in [0.29, 0.717) is 12.0 Å². The normalized spacial score (nSPS) is 13.5. The first kappa shape index (κ1) is 11.7. The van der Waals surface area contributed by atoms with Crippen molar-refractivity contribution in [2.75, 3.05) is 0 Å². The van der Waals surface area contributed by atoms with Crippen LogP contribution in [0.1, 0.15) is 37.1 Å². The van der Waals surface area contributed by atoms with E-state index < -0.39 is 0 Å². The van der Waals surface area contributed by atoms with E-state index in [4.69, 9.17) is 0 Å². The number of hydrogen-bond acceptors (Lipinski definition) is 3. The fraction of sp³-hybridized carbons (Fsp3) is 0.727. The van der Waals surface area contributed by atoms with Crippen molar-refractivity contribution in [3.8, 4) is 0 Å². The summed E-state index contributed by atoms with van der Waals surface area (Å²) < 4.78 is 0. The minimum Gasteiger partial charge on any atom is -0.307 e. The molecule has 0 bridgehead atoms. The van der Waals surface area contributed by atoms with E-state index in [-0.39, 0.29) is 0 Å². The fourth-order valence-electron chi connectivity index (χ4n) is 1.55. The van der Waals surface area contributed by atoms with Crippen molar-refractivity contribution in [3.05, 3.63) is 16.1 Å². The average Bonchev–Trinajstić information content (AvgIpc) is 2.52. The van der Waals surface area contributed by atoms with Crippen molar-refractivity contribution in [1.82, 2.24) is 10.3 Å². The molecule has 0 aliphatic carbocycles. The van der Waals surface area contributed by atoms with Crippen molar-refractivity contribution in [2.24, 2.45) is 5.92 Å². The van der Waals surface area contributed by atoms with Crippen LogP contribution in [0.3, 0.4) is 0 Å². The molecule has 0 amide bonds. The maximum Gasteiger partial charge on any atom is 0.107 e. The highest BCUT2D eigenvalue weighted by molar-refractivity contribution is 7.11. The van der Waals surface area contributed by atoms with Crippen molar-refractivity contribution in [2.45, 2.75) is 46.7 Å². The first-order valence-corrected chi connectivity index (χ1v) is 6.09. The van der Waals surface area contributed by atoms with E-state index in [1.54, 1.807) is 11.3 Å². The van der Waals surface area contributed by atoms with Crippen LogP contribution in [0.5, 0.6) is 0 Å². The number of thiazole rings is 1. The fourth-order valence-corrected chi connectivity index (χ4v) is 2.29. The zero-order valence-electron chi connectivity index (χ0n) is 9.50. The van der Waals surface area contributed by atoms with Gasteiger partial charge in [-0.1, -0.05) is 20.8 Å². The summed E-state index contributed by atoms with van der Waals surface area (Å²) in [5, 5.41) is 4.74. The lowest BCUT2D eigenvalue weighted by atomic mass is 10.0. The number of nitrogens with one attached hydrogen (secondary N) is 1. The van der Waals surface area contributed by atoms with E-state index in [1.165, 1.54) is 16.3 Å². The SMILES string of the molecule is CCC(NCc1ncc(C)s1)C(C)C. The molecule has 0 aliphatic rings. The summed E-state index contributed by atoms with van der Waals surface area (Å²) >= 11 is 1.78. The maximum absolute atomic E-state index is 4.34. The molecule has 1 aromatic rings. The average molecular weight is 212 g/mol. The van der Waals surface area contributed by atoms with Crippen LogP contribution in [0.15, 0.2) is 6.20 Å². The second-order valence-corrected chi connectivity index (χ2v) is 5.32. The van der Waals surface area contributed by atoms with Gasteiger partial charge in [-0.2, -0.15) is 0 Å². The van der Waals surface area contributed by atoms with Crippen molar-refractivity contribution >= 4 is 11.3 Å². The molecule has 0 spiro atoms. The van der Waals surface area contributed by atoms with Gasteiger partial charge in [-0.05, 0) is 19.3 Å². The predicted octanol–water partition coefficient (Wildman–Crippen LogP) is 2.98. The molecule has 2 nitrogen and oxygen atoms in total. The van der Waals surface area contributed by atoms with Gasteiger partial charge >= 0.3 is 0 Å². The van der Waals surface area contributed by atoms with Crippen molar-refractivity contribution in [3.63, 3.8) is 0 Å². The van der Waals surface area contributed by atoms with Crippen LogP contribution in [0.25, 0.3) is 0 Å². The van der Waals surface area contributed by atoms with Gasteiger partial charge in [-0.3, -0.25) is 0 Å². The molecule has 1 N–H and O–H groups in total. The Bertz CT molecular complexity index is 268. The first-order chi connectivity index (χ1) is 6.63. The van der Waals surface area contributed by atoms with Crippen LogP contribution in [0.2, 0.25) is 0 Å². The molecule has 3 heteroatoms. The van der Waals surface area contributed by atoms with E-state index >= 15 is 0 Å². The number of aryl methyl sites for hydroxylation is 1. The predicted molar refractivity (Wildman–Crippen MR) is 62.6 cm³/mol. The zero-order chi connectivity index (χ0) is 10.6. The summed E-state index contributed by atoms with van der Waals surface area (Å²) in [6.45, 7) is 9.75. The molecule has 1 heterocycles. The Hall–Kier alpha value is -0.410. The molecule has 1 aromatic heterocycles. The summed E-state index contributed by atoms with van der Waals surface area (Å²) in [7, 11) is 0. The number of nitrogens with zero attached hydrogens (tertiary/aromatic N) is 1. The quantitative estimate of drug-likeness (QED) is 0.811. The molecule has 1 rings (SSSR count). The van der Waals surface area contributed by atoms with Gasteiger partial charge in [-0.25, -0.2) is 4.98 Å². The molecule has 0 aliphatic heterocycles. The Morgan fingerprint density at radius 3 is 2.64 bits per heavy atom. The van der Waals surface area contributed by atoms with Crippen molar-refractivity contribution in [1.29, 1.82) is 0 Å². The summed E-state index contributed by atoms with van der Waals surface area (Å²) in [6.07, 6.45) is 3.13. The molecule has 0 saturated carbocycles. The summed E-state index contributed by atoms with van der Waals surface area (Å²) in [6, 6.07) is 0.610. The van der Waals surface area contributed by atoms with E-state index in [9.17, 15) is 0 Å². The lowest BCUT2D eigenvalue weighted by Crippen LogP contribution is -2.32. The van der Waals surface area contributed by atoms with Crippen LogP contribution in [-0.2, 0) is 6.54 Å². The summed E-state index contributed by atoms with van der Waals surface area (Å²) in [4.78, 5) is 5.63. The Balaban J connectivity index is 2.39. The molecular formula is C11H20N2S. The third-order valence-electron chi connectivity index (χ3n) is 2.43. The van der Waals surface area contributed by atoms with Crippen LogP contribution < -0.4 is 5.32 Å². The van der Waals surface area contributed by atoms with E-state index in [1.807, 2.05) is 6.20 Å². The van der Waals surface area contributed by atoms with Gasteiger partial charge in [0.1, 0.15) is 5.01 Å². The van der Waals surface area contributed by atoms with E-state index in [0.717, 1.165) is 6.54 Å². The topological polar surface area (TPSA) is 24.9 Å². The highest BCUT2D eigenvalue weighted by Crippen LogP contribution is 2.12. The third kappa shape index (κ3) is 3.39. The van der Waals surface area contributed by atoms with Gasteiger partial charge in [-0.15, -0.1) is 11.3 Å². The second kappa shape index (κ2) is 5.47. The van der Waals surface area contributed by atoms with Crippen LogP contribution in [0, 0.1) is 12.8 Å². The number of hydrogen-bond donors (Lipinski definition) is 1. The highest BCUT2D eigenvalue weighted by Gasteiger charge is 2.10. The Labute approximate surface area is 90.8 Å². The van der Waals surface area contributed by atoms with Gasteiger partial charge in [0.25, 0.3) is 0 Å². The molecule has 1 atom stereocenters. The molecule has 14 heavy (non-hydrogen) atoms. The Kier molecular flexibility index (Phi) is 4.55. The van der Waals surface area contributed by atoms with Gasteiger partial charge in [0.05, 0.1) is 0 Å². The van der Waals surface area contributed by atoms with Crippen LogP contribution >= 0.6 is 11.3 Å². The minimum atomic E-state index is 0.610. The van der Waals surface area contributed by atoms with Gasteiger partial charge in [0.15, 0.2) is 0 Å². The molecule has 0 aromatic carbocycles. The lowest BCUT2D eigenvalue weighted by Gasteiger charge is -2.19. The molecule has 1 unspecified atom stereocenters. The zero-order valence-corrected chi connectivity index (χ0v) is 10.3.